The number of nitrogens with zero attached hydrogens (tertiary/aromatic N) is 2. The first-order valence-electron chi connectivity index (χ1n) is 8.12. The van der Waals surface area contributed by atoms with Gasteiger partial charge in [0, 0.05) is 25.0 Å². The van der Waals surface area contributed by atoms with Gasteiger partial charge in [-0.1, -0.05) is 23.5 Å². The lowest BCUT2D eigenvalue weighted by molar-refractivity contribution is -0.120. The Balaban J connectivity index is 1.37. The fourth-order valence-electron chi connectivity index (χ4n) is 2.83. The van der Waals surface area contributed by atoms with Gasteiger partial charge in [0.25, 0.3) is 0 Å². The van der Waals surface area contributed by atoms with Crippen molar-refractivity contribution in [3.05, 3.63) is 48.5 Å². The average Bonchev–Trinajstić information content (AvgIpc) is 2.96. The molecule has 1 aromatic heterocycles. The summed E-state index contributed by atoms with van der Waals surface area (Å²) in [6, 6.07) is 14.2. The Kier molecular flexibility index (Phi) is 4.16. The van der Waals surface area contributed by atoms with Gasteiger partial charge in [0.1, 0.15) is 0 Å². The number of carbonyl (C=O) groups excluding carboxylic acids is 1. The van der Waals surface area contributed by atoms with E-state index in [0.717, 1.165) is 21.6 Å². The fourth-order valence-corrected chi connectivity index (χ4v) is 4.44. The summed E-state index contributed by atoms with van der Waals surface area (Å²) >= 11 is 1.63. The molecule has 1 N–H and O–H groups in total. The molecule has 1 aliphatic heterocycles. The van der Waals surface area contributed by atoms with Crippen LogP contribution < -0.4 is 10.2 Å². The molecule has 6 nitrogen and oxygen atoms in total. The van der Waals surface area contributed by atoms with Crippen molar-refractivity contribution in [2.45, 2.75) is 4.90 Å². The van der Waals surface area contributed by atoms with Crippen LogP contribution in [0.2, 0.25) is 0 Å². The molecule has 2 aromatic carbocycles. The van der Waals surface area contributed by atoms with Crippen molar-refractivity contribution < 1.29 is 13.2 Å². The number of thiazole rings is 1. The minimum Gasteiger partial charge on any atom is -0.346 e. The molecule has 8 heteroatoms. The standard InChI is InChI=1S/C18H17N3O3S2/c1-26(23,24)14-8-6-13(7-9-14)19-17(22)12-10-21(11-12)18-20-15-4-2-3-5-16(15)25-18/h2-9,12H,10-11H2,1H3,(H,19,22). The number of benzene rings is 2. The summed E-state index contributed by atoms with van der Waals surface area (Å²) in [4.78, 5) is 19.3. The Hall–Kier alpha value is -2.45. The summed E-state index contributed by atoms with van der Waals surface area (Å²) in [6.07, 6.45) is 1.16. The number of hydrogen-bond donors (Lipinski definition) is 1. The summed E-state index contributed by atoms with van der Waals surface area (Å²) in [7, 11) is -3.23. The molecule has 0 radical (unpaired) electrons. The molecule has 0 bridgehead atoms. The number of rotatable bonds is 4. The van der Waals surface area contributed by atoms with E-state index in [1.54, 1.807) is 23.5 Å². The second-order valence-corrected chi connectivity index (χ2v) is 9.38. The third-order valence-electron chi connectivity index (χ3n) is 4.36. The van der Waals surface area contributed by atoms with Crippen molar-refractivity contribution in [3.8, 4) is 0 Å². The third kappa shape index (κ3) is 3.30. The lowest BCUT2D eigenvalue weighted by Gasteiger charge is -2.37. The van der Waals surface area contributed by atoms with Crippen LogP contribution in [0.4, 0.5) is 10.8 Å². The Morgan fingerprint density at radius 2 is 1.85 bits per heavy atom. The van der Waals surface area contributed by atoms with E-state index in [1.165, 1.54) is 12.1 Å². The molecular formula is C18H17N3O3S2. The van der Waals surface area contributed by atoms with Crippen LogP contribution in [0.15, 0.2) is 53.4 Å². The number of amides is 1. The number of para-hydroxylation sites is 1. The zero-order chi connectivity index (χ0) is 18.3. The van der Waals surface area contributed by atoms with Crippen molar-refractivity contribution in [1.82, 2.24) is 4.98 Å². The smallest absolute Gasteiger partial charge is 0.231 e. The van der Waals surface area contributed by atoms with Gasteiger partial charge in [-0.2, -0.15) is 0 Å². The zero-order valence-corrected chi connectivity index (χ0v) is 15.7. The Morgan fingerprint density at radius 1 is 1.15 bits per heavy atom. The van der Waals surface area contributed by atoms with E-state index in [-0.39, 0.29) is 16.7 Å². The lowest BCUT2D eigenvalue weighted by atomic mass is 10.00. The van der Waals surface area contributed by atoms with E-state index in [2.05, 4.69) is 15.2 Å². The normalized spacial score (nSPS) is 15.0. The molecule has 1 fully saturated rings. The van der Waals surface area contributed by atoms with Crippen molar-refractivity contribution in [2.24, 2.45) is 5.92 Å². The Bertz CT molecular complexity index is 1040. The molecule has 0 atom stereocenters. The molecular weight excluding hydrogens is 370 g/mol. The van der Waals surface area contributed by atoms with E-state index >= 15 is 0 Å². The molecule has 1 amide bonds. The first-order valence-corrected chi connectivity index (χ1v) is 10.8. The van der Waals surface area contributed by atoms with Crippen LogP contribution in [0.1, 0.15) is 0 Å². The molecule has 0 spiro atoms. The van der Waals surface area contributed by atoms with Crippen LogP contribution in [0.25, 0.3) is 10.2 Å². The average molecular weight is 387 g/mol. The van der Waals surface area contributed by atoms with Gasteiger partial charge in [0.05, 0.1) is 21.0 Å². The molecule has 134 valence electrons. The van der Waals surface area contributed by atoms with Gasteiger partial charge in [-0.05, 0) is 36.4 Å². The largest absolute Gasteiger partial charge is 0.346 e. The zero-order valence-electron chi connectivity index (χ0n) is 14.0. The molecule has 2 heterocycles. The fraction of sp³-hybridized carbons (Fsp3) is 0.222. The van der Waals surface area contributed by atoms with Gasteiger partial charge >= 0.3 is 0 Å². The first-order chi connectivity index (χ1) is 12.4. The molecule has 1 aliphatic rings. The van der Waals surface area contributed by atoms with Crippen molar-refractivity contribution in [2.75, 3.05) is 29.6 Å². The van der Waals surface area contributed by atoms with Crippen LogP contribution in [-0.2, 0) is 14.6 Å². The van der Waals surface area contributed by atoms with Crippen LogP contribution >= 0.6 is 11.3 Å². The SMILES string of the molecule is CS(=O)(=O)c1ccc(NC(=O)C2CN(c3nc4ccccc4s3)C2)cc1. The number of nitrogens with one attached hydrogen (secondary N) is 1. The maximum atomic E-state index is 12.4. The third-order valence-corrected chi connectivity index (χ3v) is 6.58. The molecule has 0 saturated carbocycles. The van der Waals surface area contributed by atoms with E-state index < -0.39 is 9.84 Å². The summed E-state index contributed by atoms with van der Waals surface area (Å²) in [5.74, 6) is -0.161. The van der Waals surface area contributed by atoms with E-state index in [4.69, 9.17) is 0 Å². The number of carbonyl (C=O) groups is 1. The van der Waals surface area contributed by atoms with Gasteiger partial charge in [-0.15, -0.1) is 0 Å². The monoisotopic (exact) mass is 387 g/mol. The summed E-state index contributed by atoms with van der Waals surface area (Å²) in [5, 5.41) is 3.78. The van der Waals surface area contributed by atoms with Crippen LogP contribution in [-0.4, -0.2) is 38.7 Å². The Labute approximate surface area is 155 Å². The topological polar surface area (TPSA) is 79.4 Å². The maximum Gasteiger partial charge on any atom is 0.231 e. The van der Waals surface area contributed by atoms with E-state index in [0.29, 0.717) is 18.8 Å². The van der Waals surface area contributed by atoms with Crippen molar-refractivity contribution >= 4 is 48.1 Å². The molecule has 1 saturated heterocycles. The van der Waals surface area contributed by atoms with Gasteiger partial charge < -0.3 is 10.2 Å². The van der Waals surface area contributed by atoms with Gasteiger partial charge in [-0.3, -0.25) is 4.79 Å². The molecule has 3 aromatic rings. The molecule has 0 aliphatic carbocycles. The highest BCUT2D eigenvalue weighted by molar-refractivity contribution is 7.90. The highest BCUT2D eigenvalue weighted by atomic mass is 32.2. The number of hydrogen-bond acceptors (Lipinski definition) is 6. The van der Waals surface area contributed by atoms with Crippen molar-refractivity contribution in [1.29, 1.82) is 0 Å². The van der Waals surface area contributed by atoms with Crippen LogP contribution in [0.3, 0.4) is 0 Å². The maximum absolute atomic E-state index is 12.4. The molecule has 4 rings (SSSR count). The van der Waals surface area contributed by atoms with Gasteiger partial charge in [-0.25, -0.2) is 13.4 Å². The summed E-state index contributed by atoms with van der Waals surface area (Å²) in [6.45, 7) is 1.26. The number of sulfone groups is 1. The second-order valence-electron chi connectivity index (χ2n) is 6.35. The van der Waals surface area contributed by atoms with Crippen molar-refractivity contribution in [3.63, 3.8) is 0 Å². The predicted octanol–water partition coefficient (Wildman–Crippen LogP) is 2.77. The Morgan fingerprint density at radius 3 is 2.50 bits per heavy atom. The predicted molar refractivity (Wildman–Crippen MR) is 104 cm³/mol. The number of aromatic nitrogens is 1. The number of anilines is 2. The molecule has 0 unspecified atom stereocenters. The minimum atomic E-state index is -3.23. The molecule has 26 heavy (non-hydrogen) atoms. The van der Waals surface area contributed by atoms with E-state index in [1.807, 2.05) is 24.3 Å². The second kappa shape index (κ2) is 6.37. The van der Waals surface area contributed by atoms with E-state index in [9.17, 15) is 13.2 Å². The van der Waals surface area contributed by atoms with Crippen LogP contribution in [0, 0.1) is 5.92 Å². The summed E-state index contributed by atoms with van der Waals surface area (Å²) < 4.78 is 24.1. The number of fused-ring (bicyclic) bond motifs is 1. The minimum absolute atomic E-state index is 0.0607. The quantitative estimate of drug-likeness (QED) is 0.745. The van der Waals surface area contributed by atoms with Gasteiger partial charge in [0.15, 0.2) is 15.0 Å². The summed E-state index contributed by atoms with van der Waals surface area (Å²) in [5.41, 5.74) is 1.58. The van der Waals surface area contributed by atoms with Gasteiger partial charge in [0.2, 0.25) is 5.91 Å². The first kappa shape index (κ1) is 17.0. The lowest BCUT2D eigenvalue weighted by Crippen LogP contribution is -2.52. The highest BCUT2D eigenvalue weighted by Gasteiger charge is 2.34. The highest BCUT2D eigenvalue weighted by Crippen LogP contribution is 2.33. The van der Waals surface area contributed by atoms with Crippen LogP contribution in [0.5, 0.6) is 0 Å².